The van der Waals surface area contributed by atoms with E-state index in [9.17, 15) is 8.42 Å². The molecule has 2 rings (SSSR count). The van der Waals surface area contributed by atoms with E-state index in [0.717, 1.165) is 25.9 Å². The first kappa shape index (κ1) is 9.43. The Labute approximate surface area is 79.4 Å². The van der Waals surface area contributed by atoms with Gasteiger partial charge in [-0.2, -0.15) is 0 Å². The van der Waals surface area contributed by atoms with Gasteiger partial charge >= 0.3 is 0 Å². The Hall–Kier alpha value is -0.130. The molecular weight excluding hydrogens is 188 g/mol. The molecule has 0 aromatic heterocycles. The summed E-state index contributed by atoms with van der Waals surface area (Å²) >= 11 is 0. The van der Waals surface area contributed by atoms with Crippen molar-refractivity contribution in [1.29, 1.82) is 0 Å². The first-order valence-corrected chi connectivity index (χ1v) is 6.67. The predicted octanol–water partition coefficient (Wildman–Crippen LogP) is -0.228. The van der Waals surface area contributed by atoms with Crippen LogP contribution in [0.4, 0.5) is 0 Å². The number of hydrogen-bond donors (Lipinski definition) is 1. The standard InChI is InChI=1S/C8H16N2O2S/c1-13(11,12)9-7-4-6-10-5-2-3-8(7)10/h7-9H,2-6H2,1H3. The topological polar surface area (TPSA) is 49.4 Å². The SMILES string of the molecule is CS(=O)(=O)NC1CCN2CCCC12. The molecule has 2 aliphatic rings. The Balaban J connectivity index is 2.01. The van der Waals surface area contributed by atoms with E-state index in [-0.39, 0.29) is 6.04 Å². The van der Waals surface area contributed by atoms with E-state index < -0.39 is 10.0 Å². The van der Waals surface area contributed by atoms with Crippen molar-refractivity contribution in [2.45, 2.75) is 31.3 Å². The lowest BCUT2D eigenvalue weighted by Gasteiger charge is -2.19. The van der Waals surface area contributed by atoms with Gasteiger partial charge in [0.05, 0.1) is 6.26 Å². The molecule has 4 nitrogen and oxygen atoms in total. The molecule has 2 heterocycles. The van der Waals surface area contributed by atoms with Crippen LogP contribution in [0.1, 0.15) is 19.3 Å². The smallest absolute Gasteiger partial charge is 0.209 e. The summed E-state index contributed by atoms with van der Waals surface area (Å²) in [5.74, 6) is 0. The zero-order valence-electron chi connectivity index (χ0n) is 7.86. The first-order chi connectivity index (χ1) is 6.06. The Morgan fingerprint density at radius 3 is 2.77 bits per heavy atom. The molecule has 0 amide bonds. The van der Waals surface area contributed by atoms with Crippen LogP contribution in [-0.4, -0.2) is 44.7 Å². The van der Waals surface area contributed by atoms with E-state index in [1.54, 1.807) is 0 Å². The summed E-state index contributed by atoms with van der Waals surface area (Å²) in [7, 11) is -3.02. The molecule has 0 aliphatic carbocycles. The maximum atomic E-state index is 11.0. The third-order valence-electron chi connectivity index (χ3n) is 2.97. The first-order valence-electron chi connectivity index (χ1n) is 4.77. The molecule has 0 radical (unpaired) electrons. The molecule has 0 spiro atoms. The average Bonchev–Trinajstić information content (AvgIpc) is 2.50. The highest BCUT2D eigenvalue weighted by Crippen LogP contribution is 2.27. The summed E-state index contributed by atoms with van der Waals surface area (Å²) < 4.78 is 24.8. The van der Waals surface area contributed by atoms with E-state index in [0.29, 0.717) is 6.04 Å². The van der Waals surface area contributed by atoms with Gasteiger partial charge in [0.15, 0.2) is 0 Å². The second-order valence-electron chi connectivity index (χ2n) is 4.03. The number of rotatable bonds is 2. The van der Waals surface area contributed by atoms with Gasteiger partial charge in [0, 0.05) is 18.6 Å². The fraction of sp³-hybridized carbons (Fsp3) is 1.00. The molecule has 0 bridgehead atoms. The third-order valence-corrected chi connectivity index (χ3v) is 3.70. The van der Waals surface area contributed by atoms with Crippen molar-refractivity contribution >= 4 is 10.0 Å². The molecule has 13 heavy (non-hydrogen) atoms. The molecule has 2 unspecified atom stereocenters. The van der Waals surface area contributed by atoms with Gasteiger partial charge in [-0.3, -0.25) is 4.90 Å². The van der Waals surface area contributed by atoms with Crippen LogP contribution in [0.25, 0.3) is 0 Å². The van der Waals surface area contributed by atoms with Crippen molar-refractivity contribution in [2.75, 3.05) is 19.3 Å². The van der Waals surface area contributed by atoms with Crippen LogP contribution in [-0.2, 0) is 10.0 Å². The monoisotopic (exact) mass is 204 g/mol. The van der Waals surface area contributed by atoms with Crippen molar-refractivity contribution in [3.63, 3.8) is 0 Å². The van der Waals surface area contributed by atoms with E-state index in [4.69, 9.17) is 0 Å². The van der Waals surface area contributed by atoms with Gasteiger partial charge in [0.1, 0.15) is 0 Å². The summed E-state index contributed by atoms with van der Waals surface area (Å²) in [6, 6.07) is 0.632. The Morgan fingerprint density at radius 2 is 2.08 bits per heavy atom. The fourth-order valence-corrected chi connectivity index (χ4v) is 3.32. The van der Waals surface area contributed by atoms with Crippen molar-refractivity contribution in [1.82, 2.24) is 9.62 Å². The van der Waals surface area contributed by atoms with Gasteiger partial charge in [-0.05, 0) is 25.8 Å². The summed E-state index contributed by atoms with van der Waals surface area (Å²) in [4.78, 5) is 2.39. The highest BCUT2D eigenvalue weighted by molar-refractivity contribution is 7.88. The predicted molar refractivity (Wildman–Crippen MR) is 51.0 cm³/mol. The average molecular weight is 204 g/mol. The quantitative estimate of drug-likeness (QED) is 0.676. The Morgan fingerprint density at radius 1 is 1.31 bits per heavy atom. The third kappa shape index (κ3) is 2.03. The molecule has 0 aromatic rings. The minimum absolute atomic E-state index is 0.164. The molecule has 1 N–H and O–H groups in total. The Kier molecular flexibility index (Phi) is 2.33. The summed E-state index contributed by atoms with van der Waals surface area (Å²) in [6.07, 6.45) is 4.57. The molecule has 2 saturated heterocycles. The van der Waals surface area contributed by atoms with Crippen molar-refractivity contribution < 1.29 is 8.42 Å². The number of nitrogens with zero attached hydrogens (tertiary/aromatic N) is 1. The highest BCUT2D eigenvalue weighted by atomic mass is 32.2. The Bertz CT molecular complexity index is 289. The largest absolute Gasteiger partial charge is 0.299 e. The van der Waals surface area contributed by atoms with E-state index in [1.807, 2.05) is 0 Å². The molecule has 0 saturated carbocycles. The molecule has 76 valence electrons. The minimum Gasteiger partial charge on any atom is -0.299 e. The van der Waals surface area contributed by atoms with Crippen molar-refractivity contribution in [3.8, 4) is 0 Å². The molecule has 0 aromatic carbocycles. The second kappa shape index (κ2) is 3.22. The van der Waals surface area contributed by atoms with Crippen molar-refractivity contribution in [3.05, 3.63) is 0 Å². The molecule has 2 fully saturated rings. The normalized spacial score (nSPS) is 35.2. The van der Waals surface area contributed by atoms with Crippen LogP contribution in [0, 0.1) is 0 Å². The molecular formula is C8H16N2O2S. The minimum atomic E-state index is -3.02. The lowest BCUT2D eigenvalue weighted by atomic mass is 10.1. The van der Waals surface area contributed by atoms with Gasteiger partial charge in [-0.1, -0.05) is 0 Å². The maximum absolute atomic E-state index is 11.0. The number of fused-ring (bicyclic) bond motifs is 1. The lowest BCUT2D eigenvalue weighted by Crippen LogP contribution is -2.41. The van der Waals surface area contributed by atoms with Gasteiger partial charge < -0.3 is 0 Å². The fourth-order valence-electron chi connectivity index (χ4n) is 2.49. The summed E-state index contributed by atoms with van der Waals surface area (Å²) in [6.45, 7) is 2.20. The summed E-state index contributed by atoms with van der Waals surface area (Å²) in [5.41, 5.74) is 0. The van der Waals surface area contributed by atoms with Crippen LogP contribution >= 0.6 is 0 Å². The van der Waals surface area contributed by atoms with Crippen LogP contribution in [0.3, 0.4) is 0 Å². The highest BCUT2D eigenvalue weighted by Gasteiger charge is 2.38. The maximum Gasteiger partial charge on any atom is 0.209 e. The molecule has 5 heteroatoms. The van der Waals surface area contributed by atoms with E-state index in [2.05, 4.69) is 9.62 Å². The van der Waals surface area contributed by atoms with Crippen LogP contribution in [0.5, 0.6) is 0 Å². The van der Waals surface area contributed by atoms with E-state index in [1.165, 1.54) is 12.7 Å². The van der Waals surface area contributed by atoms with Crippen LogP contribution in [0.2, 0.25) is 0 Å². The second-order valence-corrected chi connectivity index (χ2v) is 5.81. The molecule has 2 atom stereocenters. The van der Waals surface area contributed by atoms with Crippen LogP contribution < -0.4 is 4.72 Å². The van der Waals surface area contributed by atoms with Gasteiger partial charge in [0.2, 0.25) is 10.0 Å². The van der Waals surface area contributed by atoms with Gasteiger partial charge in [-0.25, -0.2) is 13.1 Å². The van der Waals surface area contributed by atoms with Crippen molar-refractivity contribution in [2.24, 2.45) is 0 Å². The van der Waals surface area contributed by atoms with Gasteiger partial charge in [0.25, 0.3) is 0 Å². The lowest BCUT2D eigenvalue weighted by molar-refractivity contribution is 0.309. The van der Waals surface area contributed by atoms with Gasteiger partial charge in [-0.15, -0.1) is 0 Å². The number of hydrogen-bond acceptors (Lipinski definition) is 3. The van der Waals surface area contributed by atoms with Crippen LogP contribution in [0.15, 0.2) is 0 Å². The summed E-state index contributed by atoms with van der Waals surface area (Å²) in [5, 5.41) is 0. The molecule has 2 aliphatic heterocycles. The number of nitrogens with one attached hydrogen (secondary N) is 1. The zero-order valence-corrected chi connectivity index (χ0v) is 8.68. The zero-order chi connectivity index (χ0) is 9.47. The van der Waals surface area contributed by atoms with E-state index >= 15 is 0 Å². The number of sulfonamides is 1.